The molecule has 0 saturated heterocycles. The van der Waals surface area contributed by atoms with E-state index in [1.54, 1.807) is 7.11 Å². The molecule has 0 bridgehead atoms. The topological polar surface area (TPSA) is 79.3 Å². The van der Waals surface area contributed by atoms with Crippen LogP contribution in [0, 0.1) is 0 Å². The molecule has 0 atom stereocenters. The number of methoxy groups -OCH3 is 1. The first-order valence-corrected chi connectivity index (χ1v) is 7.27. The molecule has 6 nitrogen and oxygen atoms in total. The Hall–Kier alpha value is -1.56. The average Bonchev–Trinajstić information content (AvgIpc) is 2.46. The summed E-state index contributed by atoms with van der Waals surface area (Å²) in [5.74, 6) is 1.88. The largest absolute Gasteiger partial charge is 0.490 e. The van der Waals surface area contributed by atoms with Crippen LogP contribution in [0.1, 0.15) is 39.0 Å². The minimum Gasteiger partial charge on any atom is -0.490 e. The summed E-state index contributed by atoms with van der Waals surface area (Å²) in [4.78, 5) is 8.37. The Morgan fingerprint density at radius 2 is 1.85 bits per heavy atom. The van der Waals surface area contributed by atoms with Crippen LogP contribution >= 0.6 is 0 Å². The van der Waals surface area contributed by atoms with Crippen LogP contribution in [0.15, 0.2) is 6.33 Å². The lowest BCUT2D eigenvalue weighted by Gasteiger charge is -2.32. The normalized spacial score (nSPS) is 17.6. The zero-order valence-electron chi connectivity index (χ0n) is 12.3. The lowest BCUT2D eigenvalue weighted by atomic mass is 9.85. The Kier molecular flexibility index (Phi) is 5.00. The highest BCUT2D eigenvalue weighted by Crippen LogP contribution is 2.32. The first-order valence-electron chi connectivity index (χ1n) is 7.27. The molecule has 1 aliphatic carbocycles. The molecule has 2 rings (SSSR count). The summed E-state index contributed by atoms with van der Waals surface area (Å²) in [5.41, 5.74) is -0.632. The van der Waals surface area contributed by atoms with Crippen LogP contribution in [0.25, 0.3) is 0 Å². The van der Waals surface area contributed by atoms with Gasteiger partial charge < -0.3 is 20.5 Å². The number of rotatable bonds is 6. The molecule has 1 aromatic heterocycles. The maximum atomic E-state index is 10.5. The fourth-order valence-corrected chi connectivity index (χ4v) is 2.62. The molecular weight excluding hydrogens is 256 g/mol. The van der Waals surface area contributed by atoms with Gasteiger partial charge in [0.2, 0.25) is 5.75 Å². The maximum absolute atomic E-state index is 10.5. The monoisotopic (exact) mass is 280 g/mol. The molecule has 0 aliphatic heterocycles. The van der Waals surface area contributed by atoms with Crippen LogP contribution < -0.4 is 15.4 Å². The van der Waals surface area contributed by atoms with Crippen LogP contribution in [0.2, 0.25) is 0 Å². The van der Waals surface area contributed by atoms with E-state index in [1.807, 2.05) is 6.92 Å². The number of aliphatic hydroxyl groups is 1. The van der Waals surface area contributed by atoms with E-state index < -0.39 is 5.60 Å². The predicted molar refractivity (Wildman–Crippen MR) is 79.3 cm³/mol. The lowest BCUT2D eigenvalue weighted by Crippen LogP contribution is -2.39. The van der Waals surface area contributed by atoms with Gasteiger partial charge in [-0.1, -0.05) is 19.3 Å². The van der Waals surface area contributed by atoms with Crippen LogP contribution in [0.4, 0.5) is 11.6 Å². The third-order valence-corrected chi connectivity index (χ3v) is 3.72. The highest BCUT2D eigenvalue weighted by Gasteiger charge is 2.29. The molecule has 0 amide bonds. The van der Waals surface area contributed by atoms with Crippen molar-refractivity contribution in [2.75, 3.05) is 30.8 Å². The molecule has 1 aliphatic rings. The average molecular weight is 280 g/mol. The number of aromatic nitrogens is 2. The van der Waals surface area contributed by atoms with Crippen LogP contribution in [0.3, 0.4) is 0 Å². The van der Waals surface area contributed by atoms with Gasteiger partial charge in [-0.05, 0) is 19.8 Å². The van der Waals surface area contributed by atoms with E-state index >= 15 is 0 Å². The van der Waals surface area contributed by atoms with E-state index in [1.165, 1.54) is 12.7 Å². The van der Waals surface area contributed by atoms with Crippen molar-refractivity contribution in [3.05, 3.63) is 6.33 Å². The zero-order valence-corrected chi connectivity index (χ0v) is 12.3. The second kappa shape index (κ2) is 6.74. The van der Waals surface area contributed by atoms with E-state index in [4.69, 9.17) is 4.74 Å². The Balaban J connectivity index is 2.06. The third-order valence-electron chi connectivity index (χ3n) is 3.72. The molecule has 0 spiro atoms. The molecule has 0 aromatic carbocycles. The van der Waals surface area contributed by atoms with Gasteiger partial charge in [0.25, 0.3) is 0 Å². The van der Waals surface area contributed by atoms with Gasteiger partial charge in [-0.25, -0.2) is 9.97 Å². The van der Waals surface area contributed by atoms with Crippen molar-refractivity contribution in [2.45, 2.75) is 44.6 Å². The maximum Gasteiger partial charge on any atom is 0.204 e. The predicted octanol–water partition coefficient (Wildman–Crippen LogP) is 2.02. The first kappa shape index (κ1) is 14.8. The van der Waals surface area contributed by atoms with Gasteiger partial charge in [-0.3, -0.25) is 0 Å². The number of hydrogen-bond acceptors (Lipinski definition) is 6. The van der Waals surface area contributed by atoms with Crippen LogP contribution in [-0.2, 0) is 0 Å². The van der Waals surface area contributed by atoms with E-state index in [0.29, 0.717) is 23.9 Å². The summed E-state index contributed by atoms with van der Waals surface area (Å²) in [6, 6.07) is 0. The minimum atomic E-state index is -0.632. The number of ether oxygens (including phenoxy) is 1. The molecule has 3 N–H and O–H groups in total. The molecule has 1 saturated carbocycles. The molecule has 6 heteroatoms. The van der Waals surface area contributed by atoms with E-state index in [0.717, 1.165) is 32.2 Å². The third kappa shape index (κ3) is 3.50. The Labute approximate surface area is 120 Å². The fourth-order valence-electron chi connectivity index (χ4n) is 2.62. The smallest absolute Gasteiger partial charge is 0.204 e. The highest BCUT2D eigenvalue weighted by atomic mass is 16.5. The van der Waals surface area contributed by atoms with Crippen molar-refractivity contribution < 1.29 is 9.84 Å². The first-order chi connectivity index (χ1) is 9.68. The second-order valence-electron chi connectivity index (χ2n) is 5.27. The fraction of sp³-hybridized carbons (Fsp3) is 0.714. The van der Waals surface area contributed by atoms with Crippen molar-refractivity contribution in [1.29, 1.82) is 0 Å². The molecule has 1 heterocycles. The summed E-state index contributed by atoms with van der Waals surface area (Å²) in [6.07, 6.45) is 6.56. The van der Waals surface area contributed by atoms with Gasteiger partial charge in [0.15, 0.2) is 11.6 Å². The number of anilines is 2. The molecule has 112 valence electrons. The van der Waals surface area contributed by atoms with E-state index in [-0.39, 0.29) is 0 Å². The molecular formula is C14H24N4O2. The minimum absolute atomic E-state index is 0.492. The van der Waals surface area contributed by atoms with Crippen molar-refractivity contribution in [1.82, 2.24) is 9.97 Å². The SMILES string of the molecule is CCNc1ncnc(NCC2(O)CCCCC2)c1OC. The Morgan fingerprint density at radius 3 is 2.45 bits per heavy atom. The highest BCUT2D eigenvalue weighted by molar-refractivity contribution is 5.63. The van der Waals surface area contributed by atoms with Gasteiger partial charge in [-0.2, -0.15) is 0 Å². The summed E-state index contributed by atoms with van der Waals surface area (Å²) >= 11 is 0. The number of nitrogens with one attached hydrogen (secondary N) is 2. The summed E-state index contributed by atoms with van der Waals surface area (Å²) in [5, 5.41) is 16.8. The molecule has 0 radical (unpaired) electrons. The van der Waals surface area contributed by atoms with Gasteiger partial charge in [0, 0.05) is 13.1 Å². The molecule has 0 unspecified atom stereocenters. The quantitative estimate of drug-likeness (QED) is 0.740. The Morgan fingerprint density at radius 1 is 1.20 bits per heavy atom. The summed E-state index contributed by atoms with van der Waals surface area (Å²) in [7, 11) is 1.60. The molecule has 1 fully saturated rings. The van der Waals surface area contributed by atoms with Crippen LogP contribution in [0.5, 0.6) is 5.75 Å². The van der Waals surface area contributed by atoms with Crippen molar-refractivity contribution >= 4 is 11.6 Å². The summed E-state index contributed by atoms with van der Waals surface area (Å²) in [6.45, 7) is 3.25. The summed E-state index contributed by atoms with van der Waals surface area (Å²) < 4.78 is 5.37. The molecule has 1 aromatic rings. The zero-order chi connectivity index (χ0) is 14.4. The number of nitrogens with zero attached hydrogens (tertiary/aromatic N) is 2. The Bertz CT molecular complexity index is 433. The van der Waals surface area contributed by atoms with Crippen molar-refractivity contribution in [2.24, 2.45) is 0 Å². The van der Waals surface area contributed by atoms with E-state index in [9.17, 15) is 5.11 Å². The molecule has 20 heavy (non-hydrogen) atoms. The van der Waals surface area contributed by atoms with Gasteiger partial charge in [0.1, 0.15) is 6.33 Å². The second-order valence-corrected chi connectivity index (χ2v) is 5.27. The van der Waals surface area contributed by atoms with Gasteiger partial charge in [-0.15, -0.1) is 0 Å². The van der Waals surface area contributed by atoms with Gasteiger partial charge in [0.05, 0.1) is 12.7 Å². The van der Waals surface area contributed by atoms with Crippen molar-refractivity contribution in [3.63, 3.8) is 0 Å². The van der Waals surface area contributed by atoms with Crippen LogP contribution in [-0.4, -0.2) is 40.9 Å². The lowest BCUT2D eigenvalue weighted by molar-refractivity contribution is 0.0166. The van der Waals surface area contributed by atoms with E-state index in [2.05, 4.69) is 20.6 Å². The van der Waals surface area contributed by atoms with Crippen molar-refractivity contribution in [3.8, 4) is 5.75 Å². The number of hydrogen-bond donors (Lipinski definition) is 3. The van der Waals surface area contributed by atoms with Gasteiger partial charge >= 0.3 is 0 Å². The standard InChI is InChI=1S/C14H24N4O2/c1-3-15-12-11(20-2)13(18-10-17-12)16-9-14(19)7-5-4-6-8-14/h10,19H,3-9H2,1-2H3,(H2,15,16,17,18).